The summed E-state index contributed by atoms with van der Waals surface area (Å²) >= 11 is 0. The van der Waals surface area contributed by atoms with Crippen molar-refractivity contribution >= 4 is 40.9 Å². The Kier molecular flexibility index (Phi) is 5.34. The van der Waals surface area contributed by atoms with Gasteiger partial charge in [0.05, 0.1) is 5.54 Å². The molecule has 0 bridgehead atoms. The van der Waals surface area contributed by atoms with Gasteiger partial charge >= 0.3 is 6.03 Å². The van der Waals surface area contributed by atoms with Crippen molar-refractivity contribution in [3.8, 4) is 0 Å². The summed E-state index contributed by atoms with van der Waals surface area (Å²) in [5.41, 5.74) is 4.80. The Labute approximate surface area is 187 Å². The maximum Gasteiger partial charge on any atom is 0.329 e. The van der Waals surface area contributed by atoms with Crippen LogP contribution < -0.4 is 15.5 Å². The second-order valence-corrected chi connectivity index (χ2v) is 8.61. The molecule has 2 aliphatic heterocycles. The zero-order chi connectivity index (χ0) is 23.0. The summed E-state index contributed by atoms with van der Waals surface area (Å²) in [7, 11) is 2.05. The van der Waals surface area contributed by atoms with Gasteiger partial charge in [-0.2, -0.15) is 0 Å². The van der Waals surface area contributed by atoms with Crippen LogP contribution in [0.2, 0.25) is 0 Å². The standard InChI is InChI=1S/C25H26N4O3/c1-16-14-25(2,3)28(4)21-11-10-17(12-19(16)21)13-20-23(31)29(24(32)27-20)15-22(30)26-18-8-6-5-7-9-18/h5-14H,15H2,1-4H3,(H,26,30)(H,27,32)/b20-13+. The van der Waals surface area contributed by atoms with Crippen LogP contribution in [0.4, 0.5) is 16.2 Å². The molecule has 0 spiro atoms. The molecule has 2 aromatic carbocycles. The molecule has 0 radical (unpaired) electrons. The Morgan fingerprint density at radius 1 is 1.12 bits per heavy atom. The number of hydrogen-bond acceptors (Lipinski definition) is 4. The summed E-state index contributed by atoms with van der Waals surface area (Å²) in [5.74, 6) is -0.970. The summed E-state index contributed by atoms with van der Waals surface area (Å²) in [6.07, 6.45) is 3.85. The van der Waals surface area contributed by atoms with Crippen molar-refractivity contribution in [2.45, 2.75) is 26.3 Å². The van der Waals surface area contributed by atoms with Gasteiger partial charge in [0.15, 0.2) is 0 Å². The maximum absolute atomic E-state index is 12.8. The average Bonchev–Trinajstić information content (AvgIpc) is 3.00. The Morgan fingerprint density at radius 2 is 1.84 bits per heavy atom. The first-order chi connectivity index (χ1) is 15.2. The zero-order valence-electron chi connectivity index (χ0n) is 18.6. The first-order valence-corrected chi connectivity index (χ1v) is 10.4. The molecule has 2 N–H and O–H groups in total. The van der Waals surface area contributed by atoms with E-state index in [-0.39, 0.29) is 17.8 Å². The molecule has 2 aliphatic rings. The topological polar surface area (TPSA) is 81.8 Å². The van der Waals surface area contributed by atoms with Gasteiger partial charge in [-0.3, -0.25) is 9.59 Å². The fourth-order valence-electron chi connectivity index (χ4n) is 4.01. The molecule has 0 aromatic heterocycles. The SMILES string of the molecule is CC1=CC(C)(C)N(C)c2ccc(/C=C3/NC(=O)N(CC(=O)Nc4ccccc4)C3=O)cc21. The van der Waals surface area contributed by atoms with E-state index in [0.717, 1.165) is 27.3 Å². The van der Waals surface area contributed by atoms with Crippen molar-refractivity contribution in [1.29, 1.82) is 0 Å². The van der Waals surface area contributed by atoms with E-state index in [0.29, 0.717) is 5.69 Å². The second kappa shape index (κ2) is 8.00. The number of likely N-dealkylation sites (N-methyl/N-ethyl adjacent to an activating group) is 1. The molecule has 32 heavy (non-hydrogen) atoms. The number of nitrogens with one attached hydrogen (secondary N) is 2. The number of fused-ring (bicyclic) bond motifs is 1. The fraction of sp³-hybridized carbons (Fsp3) is 0.240. The molecule has 0 unspecified atom stereocenters. The van der Waals surface area contributed by atoms with E-state index in [1.54, 1.807) is 30.3 Å². The van der Waals surface area contributed by atoms with Crippen molar-refractivity contribution in [2.24, 2.45) is 0 Å². The van der Waals surface area contributed by atoms with Crippen LogP contribution in [-0.2, 0) is 9.59 Å². The van der Waals surface area contributed by atoms with Crippen LogP contribution >= 0.6 is 0 Å². The largest absolute Gasteiger partial charge is 0.366 e. The molecule has 7 nitrogen and oxygen atoms in total. The van der Waals surface area contributed by atoms with E-state index in [1.165, 1.54) is 0 Å². The Hall–Kier alpha value is -3.87. The fourth-order valence-corrected chi connectivity index (χ4v) is 4.01. The number of rotatable bonds is 4. The number of imide groups is 1. The Balaban J connectivity index is 1.52. The third-order valence-corrected chi connectivity index (χ3v) is 5.87. The number of urea groups is 1. The lowest BCUT2D eigenvalue weighted by Crippen LogP contribution is -2.42. The number of benzene rings is 2. The Morgan fingerprint density at radius 3 is 2.56 bits per heavy atom. The quantitative estimate of drug-likeness (QED) is 0.570. The number of para-hydroxylation sites is 1. The van der Waals surface area contributed by atoms with E-state index in [1.807, 2.05) is 24.3 Å². The molecular formula is C25H26N4O3. The molecule has 7 heteroatoms. The lowest BCUT2D eigenvalue weighted by molar-refractivity contribution is -0.127. The number of hydrogen-bond donors (Lipinski definition) is 2. The molecule has 2 heterocycles. The van der Waals surface area contributed by atoms with Gasteiger partial charge < -0.3 is 15.5 Å². The highest BCUT2D eigenvalue weighted by Gasteiger charge is 2.35. The number of carbonyl (C=O) groups is 3. The summed E-state index contributed by atoms with van der Waals surface area (Å²) in [4.78, 5) is 40.5. The third-order valence-electron chi connectivity index (χ3n) is 5.87. The van der Waals surface area contributed by atoms with E-state index in [9.17, 15) is 14.4 Å². The number of allylic oxidation sites excluding steroid dienone is 1. The van der Waals surface area contributed by atoms with Crippen molar-refractivity contribution in [2.75, 3.05) is 23.8 Å². The van der Waals surface area contributed by atoms with Crippen molar-refractivity contribution in [3.05, 3.63) is 71.4 Å². The van der Waals surface area contributed by atoms with Crippen LogP contribution in [0.3, 0.4) is 0 Å². The van der Waals surface area contributed by atoms with Gasteiger partial charge in [0, 0.05) is 24.0 Å². The lowest BCUT2D eigenvalue weighted by Gasteiger charge is -2.40. The Bertz CT molecular complexity index is 1160. The van der Waals surface area contributed by atoms with E-state index in [4.69, 9.17) is 0 Å². The second-order valence-electron chi connectivity index (χ2n) is 8.61. The zero-order valence-corrected chi connectivity index (χ0v) is 18.6. The minimum atomic E-state index is -0.611. The summed E-state index contributed by atoms with van der Waals surface area (Å²) in [5, 5.41) is 5.26. The highest BCUT2D eigenvalue weighted by Crippen LogP contribution is 2.38. The average molecular weight is 431 g/mol. The van der Waals surface area contributed by atoms with Crippen LogP contribution in [0, 0.1) is 0 Å². The molecule has 0 aliphatic carbocycles. The van der Waals surface area contributed by atoms with E-state index < -0.39 is 17.8 Å². The highest BCUT2D eigenvalue weighted by atomic mass is 16.2. The molecule has 2 aromatic rings. The van der Waals surface area contributed by atoms with Gasteiger partial charge in [-0.15, -0.1) is 0 Å². The third kappa shape index (κ3) is 4.01. The van der Waals surface area contributed by atoms with Crippen LogP contribution in [0.5, 0.6) is 0 Å². The molecule has 4 rings (SSSR count). The lowest BCUT2D eigenvalue weighted by atomic mass is 9.88. The summed E-state index contributed by atoms with van der Waals surface area (Å²) in [6.45, 7) is 6.03. The van der Waals surface area contributed by atoms with Crippen molar-refractivity contribution in [3.63, 3.8) is 0 Å². The highest BCUT2D eigenvalue weighted by molar-refractivity contribution is 6.16. The van der Waals surface area contributed by atoms with Gasteiger partial charge in [-0.25, -0.2) is 9.69 Å². The summed E-state index contributed by atoms with van der Waals surface area (Å²) < 4.78 is 0. The monoisotopic (exact) mass is 430 g/mol. The maximum atomic E-state index is 12.8. The van der Waals surface area contributed by atoms with Gasteiger partial charge in [-0.1, -0.05) is 30.3 Å². The molecule has 4 amide bonds. The molecule has 0 saturated carbocycles. The van der Waals surface area contributed by atoms with Gasteiger partial charge in [0.1, 0.15) is 12.2 Å². The molecular weight excluding hydrogens is 404 g/mol. The molecule has 1 fully saturated rings. The van der Waals surface area contributed by atoms with Crippen LogP contribution in [0.15, 0.2) is 60.3 Å². The van der Waals surface area contributed by atoms with E-state index >= 15 is 0 Å². The summed E-state index contributed by atoms with van der Waals surface area (Å²) in [6, 6.07) is 14.2. The number of carbonyl (C=O) groups excluding carboxylic acids is 3. The van der Waals surface area contributed by atoms with Crippen molar-refractivity contribution in [1.82, 2.24) is 10.2 Å². The normalized spacial score (nSPS) is 18.4. The predicted molar refractivity (Wildman–Crippen MR) is 126 cm³/mol. The molecule has 0 atom stereocenters. The van der Waals surface area contributed by atoms with Gasteiger partial charge in [0.2, 0.25) is 5.91 Å². The van der Waals surface area contributed by atoms with E-state index in [2.05, 4.69) is 49.4 Å². The first kappa shape index (κ1) is 21.4. The first-order valence-electron chi connectivity index (χ1n) is 10.4. The van der Waals surface area contributed by atoms with Crippen LogP contribution in [0.25, 0.3) is 11.6 Å². The number of anilines is 2. The van der Waals surface area contributed by atoms with Gasteiger partial charge in [-0.05, 0) is 62.2 Å². The predicted octanol–water partition coefficient (Wildman–Crippen LogP) is 3.85. The van der Waals surface area contributed by atoms with Gasteiger partial charge in [0.25, 0.3) is 5.91 Å². The molecule has 1 saturated heterocycles. The minimum absolute atomic E-state index is 0.0900. The number of nitrogens with zero attached hydrogens (tertiary/aromatic N) is 2. The van der Waals surface area contributed by atoms with Crippen LogP contribution in [0.1, 0.15) is 31.9 Å². The van der Waals surface area contributed by atoms with Crippen molar-refractivity contribution < 1.29 is 14.4 Å². The smallest absolute Gasteiger partial charge is 0.329 e. The molecule has 164 valence electrons. The van der Waals surface area contributed by atoms with Crippen LogP contribution in [-0.4, -0.2) is 41.9 Å². The number of amides is 4. The minimum Gasteiger partial charge on any atom is -0.366 e.